The van der Waals surface area contributed by atoms with Crippen molar-refractivity contribution < 1.29 is 9.53 Å². The van der Waals surface area contributed by atoms with Gasteiger partial charge in [0, 0.05) is 18.3 Å². The first-order chi connectivity index (χ1) is 16.3. The zero-order chi connectivity index (χ0) is 23.9. The van der Waals surface area contributed by atoms with E-state index in [9.17, 15) is 4.79 Å². The van der Waals surface area contributed by atoms with Crippen LogP contribution < -0.4 is 0 Å². The number of carbonyl (C=O) groups is 1. The minimum atomic E-state index is -0.0656. The van der Waals surface area contributed by atoms with Gasteiger partial charge in [0.2, 0.25) is 0 Å². The molecule has 3 fully saturated rings. The number of nitrogens with one attached hydrogen (secondary N) is 1. The van der Waals surface area contributed by atoms with Crippen molar-refractivity contribution in [3.8, 4) is 0 Å². The van der Waals surface area contributed by atoms with E-state index in [-0.39, 0.29) is 12.1 Å². The first-order valence-electron chi connectivity index (χ1n) is 14.2. The molecule has 7 unspecified atom stereocenters. The SMILES string of the molecule is CCCC(C)C1CCC2C3CC=C4CC(OC(=O)CCc5cnc[nH]5)CCC4(C)C3CC[C@]12C. The molecule has 0 radical (unpaired) electrons. The summed E-state index contributed by atoms with van der Waals surface area (Å²) in [5, 5.41) is 0. The Morgan fingerprint density at radius 3 is 2.82 bits per heavy atom. The Balaban J connectivity index is 1.23. The third-order valence-electron chi connectivity index (χ3n) is 11.0. The molecule has 0 aliphatic heterocycles. The minimum Gasteiger partial charge on any atom is -0.462 e. The minimum absolute atomic E-state index is 0.0600. The van der Waals surface area contributed by atoms with E-state index in [1.54, 1.807) is 18.1 Å². The first-order valence-corrected chi connectivity index (χ1v) is 14.2. The monoisotopic (exact) mass is 466 g/mol. The van der Waals surface area contributed by atoms with Crippen molar-refractivity contribution in [2.45, 2.75) is 111 Å². The van der Waals surface area contributed by atoms with Gasteiger partial charge in [-0.1, -0.05) is 52.2 Å². The van der Waals surface area contributed by atoms with E-state index >= 15 is 0 Å². The van der Waals surface area contributed by atoms with Crippen LogP contribution in [0.15, 0.2) is 24.2 Å². The van der Waals surface area contributed by atoms with Crippen molar-refractivity contribution in [2.24, 2.45) is 40.4 Å². The van der Waals surface area contributed by atoms with Gasteiger partial charge in [0.1, 0.15) is 6.10 Å². The number of imidazole rings is 1. The van der Waals surface area contributed by atoms with Crippen LogP contribution in [0.25, 0.3) is 0 Å². The molecule has 1 heterocycles. The predicted molar refractivity (Wildman–Crippen MR) is 136 cm³/mol. The number of aromatic amines is 1. The molecule has 4 nitrogen and oxygen atoms in total. The average Bonchev–Trinajstić information content (AvgIpc) is 3.45. The third-order valence-corrected chi connectivity index (χ3v) is 11.0. The molecule has 4 aliphatic rings. The van der Waals surface area contributed by atoms with Crippen molar-refractivity contribution >= 4 is 5.97 Å². The predicted octanol–water partition coefficient (Wildman–Crippen LogP) is 7.27. The van der Waals surface area contributed by atoms with E-state index in [2.05, 4.69) is 43.7 Å². The normalized spacial score (nSPS) is 40.0. The van der Waals surface area contributed by atoms with Crippen molar-refractivity contribution in [1.82, 2.24) is 9.97 Å². The summed E-state index contributed by atoms with van der Waals surface area (Å²) in [4.78, 5) is 19.6. The second kappa shape index (κ2) is 9.47. The van der Waals surface area contributed by atoms with Crippen LogP contribution in [0, 0.1) is 40.4 Å². The van der Waals surface area contributed by atoms with Gasteiger partial charge in [-0.15, -0.1) is 0 Å². The average molecular weight is 467 g/mol. The molecule has 8 atom stereocenters. The number of aryl methyl sites for hydroxylation is 1. The molecule has 4 heteroatoms. The molecule has 3 saturated carbocycles. The lowest BCUT2D eigenvalue weighted by Gasteiger charge is -2.58. The summed E-state index contributed by atoms with van der Waals surface area (Å²) in [5.41, 5.74) is 3.47. The molecule has 0 amide bonds. The van der Waals surface area contributed by atoms with Gasteiger partial charge in [0.05, 0.1) is 12.7 Å². The number of nitrogens with zero attached hydrogens (tertiary/aromatic N) is 1. The highest BCUT2D eigenvalue weighted by molar-refractivity contribution is 5.69. The zero-order valence-electron chi connectivity index (χ0n) is 21.9. The third kappa shape index (κ3) is 4.17. The summed E-state index contributed by atoms with van der Waals surface area (Å²) in [6.45, 7) is 10.1. The number of hydrogen-bond acceptors (Lipinski definition) is 3. The van der Waals surface area contributed by atoms with Crippen LogP contribution in [-0.4, -0.2) is 22.0 Å². The lowest BCUT2D eigenvalue weighted by Crippen LogP contribution is -2.51. The van der Waals surface area contributed by atoms with Gasteiger partial charge < -0.3 is 9.72 Å². The van der Waals surface area contributed by atoms with E-state index in [0.29, 0.717) is 23.7 Å². The Bertz CT molecular complexity index is 892. The van der Waals surface area contributed by atoms with Crippen molar-refractivity contribution in [1.29, 1.82) is 0 Å². The van der Waals surface area contributed by atoms with Gasteiger partial charge in [-0.3, -0.25) is 4.79 Å². The zero-order valence-corrected chi connectivity index (χ0v) is 21.9. The van der Waals surface area contributed by atoms with Crippen molar-refractivity contribution in [3.05, 3.63) is 29.9 Å². The standard InChI is InChI=1S/C30H46N2O2/c1-5-6-20(2)25-10-11-26-24-9-7-21-17-23(34-28(33)12-8-22-18-31-19-32-22)13-15-29(21,3)27(24)14-16-30(25,26)4/h7,18-20,23-27H,5-6,8-17H2,1-4H3,(H,31,32)/t20?,23?,24?,25?,26?,27?,29?,30-/m1/s1. The van der Waals surface area contributed by atoms with E-state index in [1.165, 1.54) is 51.4 Å². The quantitative estimate of drug-likeness (QED) is 0.339. The molecular formula is C30H46N2O2. The summed E-state index contributed by atoms with van der Waals surface area (Å²) >= 11 is 0. The van der Waals surface area contributed by atoms with Crippen molar-refractivity contribution in [2.75, 3.05) is 0 Å². The maximum absolute atomic E-state index is 12.5. The summed E-state index contributed by atoms with van der Waals surface area (Å²) < 4.78 is 5.95. The van der Waals surface area contributed by atoms with E-state index in [1.807, 2.05) is 0 Å². The molecule has 4 aliphatic carbocycles. The Hall–Kier alpha value is -1.58. The first kappa shape index (κ1) is 24.1. The number of rotatable bonds is 7. The molecule has 1 aromatic rings. The number of ether oxygens (including phenoxy) is 1. The van der Waals surface area contributed by atoms with E-state index < -0.39 is 0 Å². The molecule has 34 heavy (non-hydrogen) atoms. The number of fused-ring (bicyclic) bond motifs is 5. The van der Waals surface area contributed by atoms with Crippen LogP contribution in [0.3, 0.4) is 0 Å². The fraction of sp³-hybridized carbons (Fsp3) is 0.800. The summed E-state index contributed by atoms with van der Waals surface area (Å²) in [5.74, 6) is 4.32. The Morgan fingerprint density at radius 2 is 2.06 bits per heavy atom. The number of carbonyl (C=O) groups excluding carboxylic acids is 1. The topological polar surface area (TPSA) is 55.0 Å². The smallest absolute Gasteiger partial charge is 0.306 e. The molecule has 0 spiro atoms. The molecule has 0 saturated heterocycles. The van der Waals surface area contributed by atoms with Crippen LogP contribution in [0.4, 0.5) is 0 Å². The lowest BCUT2D eigenvalue weighted by atomic mass is 9.47. The van der Waals surface area contributed by atoms with Gasteiger partial charge >= 0.3 is 5.97 Å². The highest BCUT2D eigenvalue weighted by atomic mass is 16.5. The number of hydrogen-bond donors (Lipinski definition) is 1. The maximum atomic E-state index is 12.5. The Morgan fingerprint density at radius 1 is 1.21 bits per heavy atom. The number of allylic oxidation sites excluding steroid dienone is 1. The molecule has 5 rings (SSSR count). The van der Waals surface area contributed by atoms with Crippen LogP contribution in [0.1, 0.15) is 104 Å². The molecule has 0 bridgehead atoms. The van der Waals surface area contributed by atoms with Gasteiger partial charge in [-0.25, -0.2) is 4.98 Å². The summed E-state index contributed by atoms with van der Waals surface area (Å²) in [7, 11) is 0. The second-order valence-corrected chi connectivity index (χ2v) is 12.7. The van der Waals surface area contributed by atoms with E-state index in [0.717, 1.165) is 48.1 Å². The summed E-state index contributed by atoms with van der Waals surface area (Å²) in [6, 6.07) is 0. The lowest BCUT2D eigenvalue weighted by molar-refractivity contribution is -0.151. The number of H-pyrrole nitrogens is 1. The Labute approximate surface area is 206 Å². The number of esters is 1. The van der Waals surface area contributed by atoms with Gasteiger partial charge in [0.25, 0.3) is 0 Å². The molecule has 1 N–H and O–H groups in total. The fourth-order valence-electron chi connectivity index (χ4n) is 9.26. The largest absolute Gasteiger partial charge is 0.462 e. The summed E-state index contributed by atoms with van der Waals surface area (Å²) in [6.07, 6.45) is 20.1. The molecule has 188 valence electrons. The van der Waals surface area contributed by atoms with Gasteiger partial charge in [-0.2, -0.15) is 0 Å². The highest BCUT2D eigenvalue weighted by Gasteiger charge is 2.59. The van der Waals surface area contributed by atoms with Gasteiger partial charge in [-0.05, 0) is 91.8 Å². The van der Waals surface area contributed by atoms with Crippen molar-refractivity contribution in [3.63, 3.8) is 0 Å². The molecular weight excluding hydrogens is 420 g/mol. The fourth-order valence-corrected chi connectivity index (χ4v) is 9.26. The van der Waals surface area contributed by atoms with Crippen LogP contribution >= 0.6 is 0 Å². The van der Waals surface area contributed by atoms with Gasteiger partial charge in [0.15, 0.2) is 0 Å². The van der Waals surface area contributed by atoms with Crippen LogP contribution in [0.2, 0.25) is 0 Å². The maximum Gasteiger partial charge on any atom is 0.306 e. The number of aromatic nitrogens is 2. The molecule has 0 aromatic carbocycles. The van der Waals surface area contributed by atoms with Crippen LogP contribution in [-0.2, 0) is 16.0 Å². The van der Waals surface area contributed by atoms with Crippen LogP contribution in [0.5, 0.6) is 0 Å². The Kier molecular flexibility index (Phi) is 6.72. The second-order valence-electron chi connectivity index (χ2n) is 12.7. The highest BCUT2D eigenvalue weighted by Crippen LogP contribution is 2.67. The molecule has 1 aromatic heterocycles. The van der Waals surface area contributed by atoms with E-state index in [4.69, 9.17) is 4.74 Å².